The number of nitrogens with two attached hydrogens (primary N) is 1. The molecule has 0 aliphatic rings. The van der Waals surface area contributed by atoms with E-state index in [9.17, 15) is 9.59 Å². The molecule has 0 fully saturated rings. The molecule has 6 nitrogen and oxygen atoms in total. The predicted octanol–water partition coefficient (Wildman–Crippen LogP) is -0.161. The van der Waals surface area contributed by atoms with Gasteiger partial charge in [-0.15, -0.1) is 0 Å². The molecule has 4 N–H and O–H groups in total. The number of rotatable bonds is 6. The quantitative estimate of drug-likeness (QED) is 0.623. The average Bonchev–Trinajstić information content (AvgIpc) is 2.42. The van der Waals surface area contributed by atoms with Gasteiger partial charge in [0.15, 0.2) is 0 Å². The SMILES string of the molecule is CCN(CCO)C(=O)CNC(=O)c1ccc(N)cc1. The molecule has 1 rings (SSSR count). The lowest BCUT2D eigenvalue weighted by Gasteiger charge is -2.19. The fourth-order valence-electron chi connectivity index (χ4n) is 1.58. The number of hydrogen-bond acceptors (Lipinski definition) is 4. The van der Waals surface area contributed by atoms with Crippen LogP contribution in [0.15, 0.2) is 24.3 Å². The second kappa shape index (κ2) is 7.38. The third-order valence-corrected chi connectivity index (χ3v) is 2.68. The molecule has 1 aromatic carbocycles. The Morgan fingerprint density at radius 1 is 1.32 bits per heavy atom. The number of nitrogen functional groups attached to an aromatic ring is 1. The van der Waals surface area contributed by atoms with Gasteiger partial charge in [-0.05, 0) is 31.2 Å². The van der Waals surface area contributed by atoms with E-state index in [1.54, 1.807) is 24.3 Å². The zero-order valence-corrected chi connectivity index (χ0v) is 10.9. The molecule has 0 atom stereocenters. The number of hydrogen-bond donors (Lipinski definition) is 3. The van der Waals surface area contributed by atoms with Gasteiger partial charge in [0.25, 0.3) is 5.91 Å². The number of likely N-dealkylation sites (N-methyl/N-ethyl adjacent to an activating group) is 1. The lowest BCUT2D eigenvalue weighted by molar-refractivity contribution is -0.130. The van der Waals surface area contributed by atoms with Gasteiger partial charge >= 0.3 is 0 Å². The second-order valence-electron chi connectivity index (χ2n) is 4.00. The Morgan fingerprint density at radius 2 is 1.95 bits per heavy atom. The van der Waals surface area contributed by atoms with Gasteiger partial charge in [0.05, 0.1) is 13.2 Å². The zero-order valence-electron chi connectivity index (χ0n) is 10.9. The minimum Gasteiger partial charge on any atom is -0.399 e. The Bertz CT molecular complexity index is 431. The van der Waals surface area contributed by atoms with Crippen LogP contribution in [0.25, 0.3) is 0 Å². The summed E-state index contributed by atoms with van der Waals surface area (Å²) in [5, 5.41) is 11.3. The number of nitrogens with one attached hydrogen (secondary N) is 1. The molecular weight excluding hydrogens is 246 g/mol. The molecule has 0 aliphatic heterocycles. The predicted molar refractivity (Wildman–Crippen MR) is 72.5 cm³/mol. The summed E-state index contributed by atoms with van der Waals surface area (Å²) in [4.78, 5) is 25.0. The van der Waals surface area contributed by atoms with Crippen molar-refractivity contribution in [3.63, 3.8) is 0 Å². The monoisotopic (exact) mass is 265 g/mol. The maximum atomic E-state index is 11.8. The van der Waals surface area contributed by atoms with Crippen molar-refractivity contribution in [2.45, 2.75) is 6.92 Å². The Balaban J connectivity index is 2.49. The van der Waals surface area contributed by atoms with E-state index in [1.165, 1.54) is 4.90 Å². The van der Waals surface area contributed by atoms with Gasteiger partial charge in [-0.25, -0.2) is 0 Å². The van der Waals surface area contributed by atoms with Crippen molar-refractivity contribution < 1.29 is 14.7 Å². The molecular formula is C13H19N3O3. The van der Waals surface area contributed by atoms with Gasteiger partial charge in [-0.1, -0.05) is 0 Å². The molecule has 19 heavy (non-hydrogen) atoms. The van der Waals surface area contributed by atoms with Crippen molar-refractivity contribution in [1.82, 2.24) is 10.2 Å². The third-order valence-electron chi connectivity index (χ3n) is 2.68. The van der Waals surface area contributed by atoms with Crippen LogP contribution in [0.5, 0.6) is 0 Å². The highest BCUT2D eigenvalue weighted by Crippen LogP contribution is 2.04. The molecule has 0 aliphatic carbocycles. The zero-order chi connectivity index (χ0) is 14.3. The summed E-state index contributed by atoms with van der Waals surface area (Å²) in [6, 6.07) is 6.45. The largest absolute Gasteiger partial charge is 0.399 e. The molecule has 0 radical (unpaired) electrons. The van der Waals surface area contributed by atoms with Crippen LogP contribution in [0, 0.1) is 0 Å². The van der Waals surface area contributed by atoms with Crippen LogP contribution < -0.4 is 11.1 Å². The van der Waals surface area contributed by atoms with E-state index in [-0.39, 0.29) is 31.5 Å². The smallest absolute Gasteiger partial charge is 0.251 e. The Hall–Kier alpha value is -2.08. The Kier molecular flexibility index (Phi) is 5.81. The minimum absolute atomic E-state index is 0.0863. The van der Waals surface area contributed by atoms with Crippen molar-refractivity contribution in [1.29, 1.82) is 0 Å². The number of aliphatic hydroxyl groups is 1. The van der Waals surface area contributed by atoms with Crippen LogP contribution in [0.3, 0.4) is 0 Å². The normalized spacial score (nSPS) is 10.0. The summed E-state index contributed by atoms with van der Waals surface area (Å²) in [6.45, 7) is 2.40. The van der Waals surface area contributed by atoms with Gasteiger partial charge in [0.2, 0.25) is 5.91 Å². The van der Waals surface area contributed by atoms with E-state index < -0.39 is 0 Å². The molecule has 0 heterocycles. The first-order chi connectivity index (χ1) is 9.08. The minimum atomic E-state index is -0.326. The van der Waals surface area contributed by atoms with Crippen molar-refractivity contribution in [3.05, 3.63) is 29.8 Å². The molecule has 1 aromatic rings. The summed E-state index contributed by atoms with van der Waals surface area (Å²) < 4.78 is 0. The molecule has 0 bridgehead atoms. The van der Waals surface area contributed by atoms with Crippen molar-refractivity contribution in [2.24, 2.45) is 0 Å². The van der Waals surface area contributed by atoms with Crippen LogP contribution in [-0.4, -0.2) is 48.1 Å². The molecule has 0 saturated carbocycles. The maximum absolute atomic E-state index is 11.8. The Labute approximate surface area is 112 Å². The summed E-state index contributed by atoms with van der Waals surface area (Å²) in [5.74, 6) is -0.547. The standard InChI is InChI=1S/C13H19N3O3/c1-2-16(7-8-17)12(18)9-15-13(19)10-3-5-11(14)6-4-10/h3-6,17H,2,7-9,14H2,1H3,(H,15,19). The number of anilines is 1. The summed E-state index contributed by atoms with van der Waals surface area (Å²) in [5.41, 5.74) is 6.55. The van der Waals surface area contributed by atoms with E-state index in [1.807, 2.05) is 6.92 Å². The first kappa shape index (κ1) is 15.0. The molecule has 0 aromatic heterocycles. The molecule has 0 unspecified atom stereocenters. The second-order valence-corrected chi connectivity index (χ2v) is 4.00. The van der Waals surface area contributed by atoms with E-state index in [4.69, 9.17) is 10.8 Å². The summed E-state index contributed by atoms with van der Waals surface area (Å²) >= 11 is 0. The lowest BCUT2D eigenvalue weighted by Crippen LogP contribution is -2.41. The molecule has 0 saturated heterocycles. The van der Waals surface area contributed by atoms with Gasteiger partial charge in [-0.2, -0.15) is 0 Å². The van der Waals surface area contributed by atoms with Crippen LogP contribution in [0.4, 0.5) is 5.69 Å². The lowest BCUT2D eigenvalue weighted by atomic mass is 10.2. The fraction of sp³-hybridized carbons (Fsp3) is 0.385. The van der Waals surface area contributed by atoms with Crippen LogP contribution in [-0.2, 0) is 4.79 Å². The molecule has 0 spiro atoms. The Morgan fingerprint density at radius 3 is 2.47 bits per heavy atom. The van der Waals surface area contributed by atoms with Gasteiger partial charge in [-0.3, -0.25) is 9.59 Å². The van der Waals surface area contributed by atoms with E-state index in [2.05, 4.69) is 5.32 Å². The van der Waals surface area contributed by atoms with E-state index in [0.29, 0.717) is 17.8 Å². The first-order valence-electron chi connectivity index (χ1n) is 6.10. The topological polar surface area (TPSA) is 95.7 Å². The van der Waals surface area contributed by atoms with E-state index in [0.717, 1.165) is 0 Å². The number of aliphatic hydroxyl groups excluding tert-OH is 1. The molecule has 2 amide bonds. The highest BCUT2D eigenvalue weighted by molar-refractivity contribution is 5.96. The molecule has 6 heteroatoms. The van der Waals surface area contributed by atoms with Crippen molar-refractivity contribution in [2.75, 3.05) is 32.0 Å². The number of amides is 2. The van der Waals surface area contributed by atoms with Crippen molar-refractivity contribution >= 4 is 17.5 Å². The highest BCUT2D eigenvalue weighted by Gasteiger charge is 2.12. The number of carbonyl (C=O) groups excluding carboxylic acids is 2. The highest BCUT2D eigenvalue weighted by atomic mass is 16.3. The maximum Gasteiger partial charge on any atom is 0.251 e. The number of nitrogens with zero attached hydrogens (tertiary/aromatic N) is 1. The summed E-state index contributed by atoms with van der Waals surface area (Å²) in [7, 11) is 0. The fourth-order valence-corrected chi connectivity index (χ4v) is 1.58. The van der Waals surface area contributed by atoms with Crippen molar-refractivity contribution in [3.8, 4) is 0 Å². The van der Waals surface area contributed by atoms with Gasteiger partial charge < -0.3 is 21.1 Å². The number of carbonyl (C=O) groups is 2. The number of benzene rings is 1. The summed E-state index contributed by atoms with van der Waals surface area (Å²) in [6.07, 6.45) is 0. The third kappa shape index (κ3) is 4.59. The van der Waals surface area contributed by atoms with Gasteiger partial charge in [0.1, 0.15) is 0 Å². The van der Waals surface area contributed by atoms with Crippen LogP contribution in [0.2, 0.25) is 0 Å². The van der Waals surface area contributed by atoms with E-state index >= 15 is 0 Å². The van der Waals surface area contributed by atoms with Gasteiger partial charge in [0, 0.05) is 24.3 Å². The first-order valence-corrected chi connectivity index (χ1v) is 6.10. The average molecular weight is 265 g/mol. The molecule has 104 valence electrons. The van der Waals surface area contributed by atoms with Crippen LogP contribution in [0.1, 0.15) is 17.3 Å². The van der Waals surface area contributed by atoms with Crippen LogP contribution >= 0.6 is 0 Å².